The Kier molecular flexibility index (Phi) is 29.2. The van der Waals surface area contributed by atoms with Crippen molar-refractivity contribution in [3.63, 3.8) is 0 Å². The maximum atomic E-state index is 12.2. The van der Waals surface area contributed by atoms with Crippen LogP contribution in [0.25, 0.3) is 0 Å². The molecule has 0 amide bonds. The molecule has 0 heterocycles. The summed E-state index contributed by atoms with van der Waals surface area (Å²) in [6, 6.07) is 0. The van der Waals surface area contributed by atoms with E-state index in [9.17, 15) is 4.79 Å². The number of hydrogen-bond acceptors (Lipinski definition) is 14. The Morgan fingerprint density at radius 2 is 0.962 bits per heavy atom. The van der Waals surface area contributed by atoms with E-state index in [1.807, 2.05) is 13.8 Å². The van der Waals surface area contributed by atoms with Gasteiger partial charge in [0.05, 0.1) is 0 Å². The molecule has 7 atom stereocenters. The molecule has 0 bridgehead atoms. The summed E-state index contributed by atoms with van der Waals surface area (Å²) in [5.74, 6) is 3.20. The van der Waals surface area contributed by atoms with Crippen molar-refractivity contribution in [2.45, 2.75) is 173 Å². The van der Waals surface area contributed by atoms with Gasteiger partial charge in [0.2, 0.25) is 0 Å². The molecule has 52 heavy (non-hydrogen) atoms. The molecule has 8 nitrogen and oxygen atoms in total. The Labute approximate surface area is 347 Å². The van der Waals surface area contributed by atoms with Gasteiger partial charge in [0.25, 0.3) is 0 Å². The van der Waals surface area contributed by atoms with E-state index in [1.54, 1.807) is 18.3 Å². The zero-order valence-electron chi connectivity index (χ0n) is 34.8. The number of esters is 1. The van der Waals surface area contributed by atoms with Crippen molar-refractivity contribution in [2.75, 3.05) is 23.9 Å². The molecular formula is C35H75O8P3S6. The number of carbonyl (C=O) groups excluding carboxylic acids is 1. The Morgan fingerprint density at radius 3 is 1.37 bits per heavy atom. The van der Waals surface area contributed by atoms with Crippen LogP contribution < -0.4 is 0 Å². The number of thiol groups is 1. The van der Waals surface area contributed by atoms with Crippen molar-refractivity contribution >= 4 is 93.5 Å². The van der Waals surface area contributed by atoms with Crippen molar-refractivity contribution < 1.29 is 36.7 Å². The molecule has 17 heteroatoms. The van der Waals surface area contributed by atoms with Crippen LogP contribution in [-0.2, 0) is 60.3 Å². The van der Waals surface area contributed by atoms with E-state index >= 15 is 0 Å². The molecule has 0 fully saturated rings. The minimum absolute atomic E-state index is 0.0128. The summed E-state index contributed by atoms with van der Waals surface area (Å²) in [4.78, 5) is 12.2. The first-order valence-electron chi connectivity index (χ1n) is 19.0. The molecule has 0 N–H and O–H groups in total. The summed E-state index contributed by atoms with van der Waals surface area (Å²) in [5.41, 5.74) is -5.63. The second kappa shape index (κ2) is 27.9. The van der Waals surface area contributed by atoms with Gasteiger partial charge < -0.3 is 0 Å². The third-order valence-electron chi connectivity index (χ3n) is 6.98. The number of carbonyl (C=O) groups is 1. The molecule has 314 valence electrons. The third-order valence-corrected chi connectivity index (χ3v) is 24.3. The molecule has 0 saturated heterocycles. The van der Waals surface area contributed by atoms with Crippen LogP contribution in [0.4, 0.5) is 0 Å². The minimum atomic E-state index is -2.95. The number of rotatable bonds is 31. The third kappa shape index (κ3) is 27.9. The predicted molar refractivity (Wildman–Crippen MR) is 246 cm³/mol. The van der Waals surface area contributed by atoms with Gasteiger partial charge in [-0.1, -0.05) is 27.7 Å². The van der Waals surface area contributed by atoms with Crippen LogP contribution in [0.15, 0.2) is 0 Å². The van der Waals surface area contributed by atoms with Gasteiger partial charge in [0.15, 0.2) is 0 Å². The summed E-state index contributed by atoms with van der Waals surface area (Å²) in [5, 5.41) is 0. The van der Waals surface area contributed by atoms with Gasteiger partial charge in [-0.25, -0.2) is 0 Å². The Balaban J connectivity index is 5.98. The summed E-state index contributed by atoms with van der Waals surface area (Å²) < 4.78 is 44.5. The number of hydrogen-bond donors (Lipinski definition) is 1. The fourth-order valence-corrected chi connectivity index (χ4v) is 23.0. The van der Waals surface area contributed by atoms with Gasteiger partial charge in [-0.15, -0.1) is 0 Å². The van der Waals surface area contributed by atoms with Crippen LogP contribution in [0.5, 0.6) is 0 Å². The number of ether oxygens (including phenoxy) is 1. The van der Waals surface area contributed by atoms with Crippen LogP contribution in [-0.4, -0.2) is 66.5 Å². The van der Waals surface area contributed by atoms with E-state index < -0.39 is 17.5 Å². The summed E-state index contributed by atoms with van der Waals surface area (Å²) >= 11 is 21.9. The Morgan fingerprint density at radius 1 is 0.596 bits per heavy atom. The van der Waals surface area contributed by atoms with Crippen molar-refractivity contribution in [1.82, 2.24) is 0 Å². The van der Waals surface area contributed by atoms with Crippen molar-refractivity contribution in [3.8, 4) is 0 Å². The van der Waals surface area contributed by atoms with Crippen LogP contribution in [0.2, 0.25) is 0 Å². The zero-order chi connectivity index (χ0) is 40.3. The van der Waals surface area contributed by atoms with Crippen molar-refractivity contribution in [1.29, 1.82) is 0 Å². The Bertz CT molecular complexity index is 1030. The second-order valence-electron chi connectivity index (χ2n) is 15.5. The van der Waals surface area contributed by atoms with Gasteiger partial charge in [-0.2, -0.15) is 0 Å². The quantitative estimate of drug-likeness (QED) is 0.0408. The second-order valence-corrected chi connectivity index (χ2v) is 35.3. The van der Waals surface area contributed by atoms with E-state index in [1.165, 1.54) is 22.8 Å². The molecular weight excluding hydrogens is 834 g/mol. The fraction of sp³-hybridized carbons (Fsp3) is 0.971. The van der Waals surface area contributed by atoms with E-state index in [4.69, 9.17) is 67.7 Å². The van der Waals surface area contributed by atoms with Gasteiger partial charge in [0.1, 0.15) is 0 Å². The zero-order valence-corrected chi connectivity index (χ0v) is 42.6. The van der Waals surface area contributed by atoms with E-state index in [0.717, 1.165) is 25.7 Å². The molecule has 0 aromatic heterocycles. The molecule has 7 unspecified atom stereocenters. The van der Waals surface area contributed by atoms with Gasteiger partial charge in [-0.05, 0) is 38.5 Å². The molecule has 0 radical (unpaired) electrons. The standard InChI is InChI=1S/C35H75O8P3S6/c1-16-37-35(36)17-18-50-44(47,42-33(14)23-51-45(48,38-29(10)19-25(2)3)39-30(11)20-26(4)5)43-34(15)24-52-46(49,40-31(12)21-27(6)7)41-32(13)22-28(8)9/h25-34,45,48H,16-24H2,1-15H3. The molecule has 0 aliphatic rings. The molecule has 0 aromatic carbocycles. The van der Waals surface area contributed by atoms with Gasteiger partial charge in [0, 0.05) is 0 Å². The summed E-state index contributed by atoms with van der Waals surface area (Å²) in [6.07, 6.45) is 0.285. The van der Waals surface area contributed by atoms with Crippen LogP contribution in [0, 0.1) is 23.7 Å². The van der Waals surface area contributed by atoms with Gasteiger partial charge in [-0.3, -0.25) is 0 Å². The van der Waals surface area contributed by atoms with E-state index in [0.29, 0.717) is 47.5 Å². The SMILES string of the molecule is CCOC(=O)CCSP(=S)(OC(C)CSP(=S)(OC(C)CC(C)C)OC(C)CC(C)C)OC(C)CS[PH](S)(OC(C)CC(C)C)OC(C)CC(C)C. The van der Waals surface area contributed by atoms with Crippen molar-refractivity contribution in [3.05, 3.63) is 0 Å². The van der Waals surface area contributed by atoms with Gasteiger partial charge >= 0.3 is 284 Å². The van der Waals surface area contributed by atoms with Crippen LogP contribution in [0.3, 0.4) is 0 Å². The summed E-state index contributed by atoms with van der Waals surface area (Å²) in [6.45, 7) is 31.9. The predicted octanol–water partition coefficient (Wildman–Crippen LogP) is 13.5. The average molecular weight is 909 g/mol. The van der Waals surface area contributed by atoms with E-state index in [2.05, 4.69) is 83.1 Å². The first kappa shape index (κ1) is 54.4. The molecule has 0 saturated carbocycles. The maximum absolute atomic E-state index is 12.2. The molecule has 0 aliphatic heterocycles. The topological polar surface area (TPSA) is 81.7 Å². The Hall–Kier alpha value is 2.36. The first-order chi connectivity index (χ1) is 23.9. The van der Waals surface area contributed by atoms with Crippen molar-refractivity contribution in [2.24, 2.45) is 23.7 Å². The normalized spacial score (nSPS) is 18.9. The molecule has 0 rings (SSSR count). The monoisotopic (exact) mass is 908 g/mol. The molecule has 0 aromatic rings. The molecule has 0 aliphatic carbocycles. The summed E-state index contributed by atoms with van der Waals surface area (Å²) in [7, 11) is 0. The molecule has 0 spiro atoms. The fourth-order valence-electron chi connectivity index (χ4n) is 5.45. The van der Waals surface area contributed by atoms with E-state index in [-0.39, 0.29) is 49.0 Å². The first-order valence-corrected chi connectivity index (χ1v) is 32.3. The average Bonchev–Trinajstić information content (AvgIpc) is 2.93. The van der Waals surface area contributed by atoms with Crippen LogP contribution in [0.1, 0.15) is 136 Å². The van der Waals surface area contributed by atoms with Crippen LogP contribution >= 0.6 is 63.9 Å².